The summed E-state index contributed by atoms with van der Waals surface area (Å²) in [4.78, 5) is 17.2. The van der Waals surface area contributed by atoms with Gasteiger partial charge in [-0.1, -0.05) is 36.4 Å². The third-order valence-electron chi connectivity index (χ3n) is 6.33. The summed E-state index contributed by atoms with van der Waals surface area (Å²) in [5.41, 5.74) is 3.13. The van der Waals surface area contributed by atoms with Crippen LogP contribution in [0.4, 0.5) is 4.39 Å². The van der Waals surface area contributed by atoms with E-state index in [1.807, 2.05) is 32.3 Å². The second kappa shape index (κ2) is 7.64. The van der Waals surface area contributed by atoms with Crippen molar-refractivity contribution < 1.29 is 14.3 Å². The molecule has 1 aliphatic heterocycles. The van der Waals surface area contributed by atoms with Crippen molar-refractivity contribution in [1.29, 1.82) is 0 Å². The summed E-state index contributed by atoms with van der Waals surface area (Å²) in [6.45, 7) is 0.554. The zero-order chi connectivity index (χ0) is 19.8. The molecule has 1 fully saturated rings. The van der Waals surface area contributed by atoms with E-state index in [9.17, 15) is 14.3 Å². The summed E-state index contributed by atoms with van der Waals surface area (Å²) < 4.78 is 13.5. The number of fused-ring (bicyclic) bond motifs is 1. The van der Waals surface area contributed by atoms with Crippen molar-refractivity contribution in [1.82, 2.24) is 9.80 Å². The molecular weight excluding hydrogens is 355 g/mol. The Morgan fingerprint density at radius 2 is 1.82 bits per heavy atom. The summed E-state index contributed by atoms with van der Waals surface area (Å²) in [5, 5.41) is 10.8. The number of aliphatic hydroxyl groups is 1. The minimum Gasteiger partial charge on any atom is -0.383 e. The van der Waals surface area contributed by atoms with Crippen molar-refractivity contribution in [3.63, 3.8) is 0 Å². The average molecular weight is 382 g/mol. The van der Waals surface area contributed by atoms with Crippen LogP contribution in [0, 0.1) is 11.7 Å². The number of hydrogen-bond donors (Lipinski definition) is 1. The molecule has 1 N–H and O–H groups in total. The third kappa shape index (κ3) is 3.45. The van der Waals surface area contributed by atoms with Crippen LogP contribution in [-0.2, 0) is 11.2 Å². The van der Waals surface area contributed by atoms with Crippen LogP contribution in [0.5, 0.6) is 0 Å². The van der Waals surface area contributed by atoms with Gasteiger partial charge in [0, 0.05) is 12.6 Å². The van der Waals surface area contributed by atoms with Gasteiger partial charge in [-0.05, 0) is 68.1 Å². The highest BCUT2D eigenvalue weighted by Crippen LogP contribution is 2.38. The normalized spacial score (nSPS) is 25.2. The first kappa shape index (κ1) is 19.1. The topological polar surface area (TPSA) is 43.8 Å². The van der Waals surface area contributed by atoms with Gasteiger partial charge >= 0.3 is 0 Å². The quantitative estimate of drug-likeness (QED) is 0.884. The number of hydrogen-bond acceptors (Lipinski definition) is 3. The van der Waals surface area contributed by atoms with E-state index in [2.05, 4.69) is 11.0 Å². The van der Waals surface area contributed by atoms with Crippen LogP contribution in [0.15, 0.2) is 48.5 Å². The number of carbonyl (C=O) groups is 1. The van der Waals surface area contributed by atoms with E-state index >= 15 is 0 Å². The largest absolute Gasteiger partial charge is 0.383 e. The molecule has 0 aromatic heterocycles. The molecule has 148 valence electrons. The highest BCUT2D eigenvalue weighted by Gasteiger charge is 2.42. The molecule has 0 bridgehead atoms. The number of benzene rings is 2. The Kier molecular flexibility index (Phi) is 5.21. The van der Waals surface area contributed by atoms with Gasteiger partial charge in [0.2, 0.25) is 0 Å². The predicted molar refractivity (Wildman–Crippen MR) is 106 cm³/mol. The second-order valence-corrected chi connectivity index (χ2v) is 8.23. The smallest absolute Gasteiger partial charge is 0.252 e. The molecule has 2 atom stereocenters. The number of amides is 1. The Morgan fingerprint density at radius 1 is 1.14 bits per heavy atom. The number of rotatable bonds is 4. The lowest BCUT2D eigenvalue weighted by atomic mass is 9.75. The van der Waals surface area contributed by atoms with Gasteiger partial charge < -0.3 is 14.9 Å². The Hall–Kier alpha value is -2.24. The van der Waals surface area contributed by atoms with E-state index in [-0.39, 0.29) is 23.7 Å². The first-order valence-corrected chi connectivity index (χ1v) is 9.94. The molecule has 1 amide bonds. The van der Waals surface area contributed by atoms with Crippen LogP contribution in [0.25, 0.3) is 0 Å². The minimum atomic E-state index is -0.982. The third-order valence-corrected chi connectivity index (χ3v) is 6.33. The lowest BCUT2D eigenvalue weighted by Gasteiger charge is -2.44. The zero-order valence-electron chi connectivity index (χ0n) is 16.4. The maximum Gasteiger partial charge on any atom is 0.252 e. The van der Waals surface area contributed by atoms with Gasteiger partial charge in [-0.15, -0.1) is 0 Å². The highest BCUT2D eigenvalue weighted by molar-refractivity contribution is 5.82. The van der Waals surface area contributed by atoms with Crippen LogP contribution in [-0.4, -0.2) is 53.6 Å². The molecule has 0 saturated heterocycles. The van der Waals surface area contributed by atoms with Gasteiger partial charge in [-0.2, -0.15) is 0 Å². The van der Waals surface area contributed by atoms with E-state index < -0.39 is 6.10 Å². The van der Waals surface area contributed by atoms with E-state index in [1.54, 1.807) is 17.0 Å². The minimum absolute atomic E-state index is 0.00550. The molecule has 4 nitrogen and oxygen atoms in total. The molecule has 1 heterocycles. The van der Waals surface area contributed by atoms with Gasteiger partial charge in [0.1, 0.15) is 11.9 Å². The van der Waals surface area contributed by atoms with E-state index in [1.165, 1.54) is 17.7 Å². The maximum atomic E-state index is 13.5. The van der Waals surface area contributed by atoms with Gasteiger partial charge in [-0.3, -0.25) is 4.79 Å². The number of aliphatic hydroxyl groups excluding tert-OH is 1. The summed E-state index contributed by atoms with van der Waals surface area (Å²) in [6.07, 6.45) is 1.46. The predicted octanol–water partition coefficient (Wildman–Crippen LogP) is 3.00. The molecule has 1 saturated carbocycles. The van der Waals surface area contributed by atoms with Crippen molar-refractivity contribution in [3.8, 4) is 0 Å². The molecule has 28 heavy (non-hydrogen) atoms. The van der Waals surface area contributed by atoms with Crippen LogP contribution < -0.4 is 0 Å². The lowest BCUT2D eigenvalue weighted by molar-refractivity contribution is -0.148. The molecule has 2 aromatic rings. The Labute approximate surface area is 165 Å². The lowest BCUT2D eigenvalue weighted by Crippen LogP contribution is -2.52. The zero-order valence-corrected chi connectivity index (χ0v) is 16.4. The molecule has 1 aliphatic carbocycles. The fraction of sp³-hybridized carbons (Fsp3) is 0.435. The van der Waals surface area contributed by atoms with Gasteiger partial charge in [0.15, 0.2) is 0 Å². The average Bonchev–Trinajstić information content (AvgIpc) is 2.65. The fourth-order valence-corrected chi connectivity index (χ4v) is 4.49. The van der Waals surface area contributed by atoms with E-state index in [0.29, 0.717) is 12.6 Å². The van der Waals surface area contributed by atoms with Crippen LogP contribution in [0.3, 0.4) is 0 Å². The number of nitrogens with zero attached hydrogens (tertiary/aromatic N) is 2. The van der Waals surface area contributed by atoms with Crippen molar-refractivity contribution >= 4 is 5.91 Å². The van der Waals surface area contributed by atoms with Crippen LogP contribution >= 0.6 is 0 Å². The first-order chi connectivity index (χ1) is 13.5. The number of carbonyl (C=O) groups excluding carboxylic acids is 1. The Bertz CT molecular complexity index is 846. The molecule has 2 aliphatic rings. The monoisotopic (exact) mass is 382 g/mol. The van der Waals surface area contributed by atoms with Gasteiger partial charge in [0.05, 0.1) is 6.04 Å². The Morgan fingerprint density at radius 3 is 2.50 bits per heavy atom. The molecule has 0 spiro atoms. The second-order valence-electron chi connectivity index (χ2n) is 8.23. The standard InChI is InChI=1S/C23H27FN2O2/c1-25(2)19-13-17(14-19)22(27)23(28)26-12-11-15-5-3-4-6-20(15)21(26)16-7-9-18(24)10-8-16/h3-10,17,19,21-22,27H,11-14H2,1-2H3/t17-,19+,21-,22-/m0/s1. The molecule has 5 heteroatoms. The van der Waals surface area contributed by atoms with Crippen molar-refractivity contribution in [2.45, 2.75) is 37.5 Å². The summed E-state index contributed by atoms with van der Waals surface area (Å²) in [5.74, 6) is -0.507. The molecule has 0 unspecified atom stereocenters. The summed E-state index contributed by atoms with van der Waals surface area (Å²) in [7, 11) is 4.06. The molecule has 0 radical (unpaired) electrons. The van der Waals surface area contributed by atoms with Crippen molar-refractivity contribution in [2.75, 3.05) is 20.6 Å². The molecule has 4 rings (SSSR count). The van der Waals surface area contributed by atoms with Crippen molar-refractivity contribution in [3.05, 3.63) is 71.0 Å². The van der Waals surface area contributed by atoms with Crippen molar-refractivity contribution in [2.24, 2.45) is 5.92 Å². The molecular formula is C23H27FN2O2. The van der Waals surface area contributed by atoms with Gasteiger partial charge in [-0.25, -0.2) is 4.39 Å². The summed E-state index contributed by atoms with van der Waals surface area (Å²) >= 11 is 0. The van der Waals surface area contributed by atoms with Gasteiger partial charge in [0.25, 0.3) is 5.91 Å². The fourth-order valence-electron chi connectivity index (χ4n) is 4.49. The molecule has 2 aromatic carbocycles. The maximum absolute atomic E-state index is 13.5. The van der Waals surface area contributed by atoms with Crippen LogP contribution in [0.2, 0.25) is 0 Å². The number of halogens is 1. The SMILES string of the molecule is CN(C)[C@H]1C[C@@H]([C@H](O)C(=O)N2CCc3ccccc3[C@@H]2c2ccc(F)cc2)C1. The van der Waals surface area contributed by atoms with E-state index in [4.69, 9.17) is 0 Å². The highest BCUT2D eigenvalue weighted by atomic mass is 19.1. The van der Waals surface area contributed by atoms with E-state index in [0.717, 1.165) is 30.4 Å². The van der Waals surface area contributed by atoms with Crippen LogP contribution in [0.1, 0.15) is 35.6 Å². The summed E-state index contributed by atoms with van der Waals surface area (Å²) in [6, 6.07) is 14.5. The Balaban J connectivity index is 1.61. The first-order valence-electron chi connectivity index (χ1n) is 9.94.